The van der Waals surface area contributed by atoms with E-state index >= 15 is 0 Å². The predicted molar refractivity (Wildman–Crippen MR) is 67.9 cm³/mol. The third-order valence-electron chi connectivity index (χ3n) is 2.85. The second-order valence-corrected chi connectivity index (χ2v) is 4.41. The van der Waals surface area contributed by atoms with Gasteiger partial charge in [0.25, 0.3) is 0 Å². The summed E-state index contributed by atoms with van der Waals surface area (Å²) in [7, 11) is 0. The molecule has 0 aliphatic carbocycles. The minimum atomic E-state index is -0.966. The van der Waals surface area contributed by atoms with Gasteiger partial charge >= 0.3 is 5.97 Å². The first-order valence-corrected chi connectivity index (χ1v) is 6.05. The van der Waals surface area contributed by atoms with Crippen LogP contribution in [0.3, 0.4) is 0 Å². The number of hydrogen-bond acceptors (Lipinski definition) is 4. The normalized spacial score (nSPS) is 23.1. The van der Waals surface area contributed by atoms with E-state index in [0.717, 1.165) is 37.9 Å². The molecule has 0 aromatic carbocycles. The third-order valence-corrected chi connectivity index (χ3v) is 2.85. The van der Waals surface area contributed by atoms with E-state index in [2.05, 4.69) is 4.99 Å². The van der Waals surface area contributed by atoms with Crippen molar-refractivity contribution < 1.29 is 9.90 Å². The lowest BCUT2D eigenvalue weighted by Crippen LogP contribution is -2.29. The van der Waals surface area contributed by atoms with E-state index in [-0.39, 0.29) is 6.04 Å². The van der Waals surface area contributed by atoms with Crippen molar-refractivity contribution in [2.45, 2.75) is 50.6 Å². The SMILES string of the molecule is NC1=N[C@H](C/C=C/C[C@H](N)C(=O)O)CCCC1. The second-order valence-electron chi connectivity index (χ2n) is 4.41. The number of rotatable bonds is 5. The molecule has 0 amide bonds. The molecular formula is C12H21N3O2. The zero-order valence-electron chi connectivity index (χ0n) is 10.0. The van der Waals surface area contributed by atoms with Crippen LogP contribution in [-0.2, 0) is 4.79 Å². The number of carboxylic acids is 1. The van der Waals surface area contributed by atoms with Crippen LogP contribution in [0, 0.1) is 0 Å². The number of carbonyl (C=O) groups is 1. The van der Waals surface area contributed by atoms with Crippen LogP contribution in [0.25, 0.3) is 0 Å². The molecule has 5 nitrogen and oxygen atoms in total. The van der Waals surface area contributed by atoms with E-state index in [1.807, 2.05) is 12.2 Å². The van der Waals surface area contributed by atoms with Crippen LogP contribution in [0.2, 0.25) is 0 Å². The molecule has 5 heteroatoms. The van der Waals surface area contributed by atoms with Crippen molar-refractivity contribution in [1.82, 2.24) is 0 Å². The van der Waals surface area contributed by atoms with Gasteiger partial charge < -0.3 is 16.6 Å². The summed E-state index contributed by atoms with van der Waals surface area (Å²) in [5.74, 6) is -0.227. The Morgan fingerprint density at radius 3 is 3.00 bits per heavy atom. The lowest BCUT2D eigenvalue weighted by atomic mass is 10.1. The van der Waals surface area contributed by atoms with E-state index in [9.17, 15) is 4.79 Å². The van der Waals surface area contributed by atoms with Gasteiger partial charge in [-0.1, -0.05) is 18.6 Å². The van der Waals surface area contributed by atoms with E-state index in [0.29, 0.717) is 6.42 Å². The van der Waals surface area contributed by atoms with Gasteiger partial charge in [0.2, 0.25) is 0 Å². The molecule has 0 spiro atoms. The van der Waals surface area contributed by atoms with Gasteiger partial charge in [0.1, 0.15) is 6.04 Å². The molecule has 0 saturated heterocycles. The monoisotopic (exact) mass is 239 g/mol. The van der Waals surface area contributed by atoms with Crippen LogP contribution in [-0.4, -0.2) is 29.0 Å². The molecule has 1 heterocycles. The summed E-state index contributed by atoms with van der Waals surface area (Å²) in [4.78, 5) is 14.9. The maximum absolute atomic E-state index is 10.5. The van der Waals surface area contributed by atoms with Gasteiger partial charge in [-0.25, -0.2) is 0 Å². The number of carboxylic acid groups (broad SMARTS) is 1. The van der Waals surface area contributed by atoms with Crippen molar-refractivity contribution in [3.8, 4) is 0 Å². The molecule has 0 bridgehead atoms. The Labute approximate surface area is 102 Å². The van der Waals surface area contributed by atoms with Crippen molar-refractivity contribution in [2.24, 2.45) is 16.5 Å². The predicted octanol–water partition coefficient (Wildman–Crippen LogP) is 1.03. The average molecular weight is 239 g/mol. The standard InChI is InChI=1S/C12H21N3O2/c13-10(12(16)17)7-3-1-5-9-6-2-4-8-11(14)15-9/h1,3,9-10H,2,4-8,13H2,(H2,14,15)(H,16,17)/b3-1+/t9-,10+/m1/s1. The fourth-order valence-corrected chi connectivity index (χ4v) is 1.82. The molecule has 0 radical (unpaired) electrons. The molecule has 1 aliphatic heterocycles. The zero-order valence-corrected chi connectivity index (χ0v) is 10.0. The summed E-state index contributed by atoms with van der Waals surface area (Å²) >= 11 is 0. The van der Waals surface area contributed by atoms with Gasteiger partial charge in [-0.05, 0) is 25.7 Å². The second kappa shape index (κ2) is 7.06. The molecule has 0 saturated carbocycles. The van der Waals surface area contributed by atoms with Crippen LogP contribution in [0.4, 0.5) is 0 Å². The largest absolute Gasteiger partial charge is 0.480 e. The number of amidine groups is 1. The number of aliphatic imine (C=N–C) groups is 1. The first-order chi connectivity index (χ1) is 8.09. The lowest BCUT2D eigenvalue weighted by molar-refractivity contribution is -0.138. The summed E-state index contributed by atoms with van der Waals surface area (Å²) in [6.07, 6.45) is 9.15. The van der Waals surface area contributed by atoms with Gasteiger partial charge in [-0.2, -0.15) is 0 Å². The van der Waals surface area contributed by atoms with Gasteiger partial charge in [-0.3, -0.25) is 9.79 Å². The van der Waals surface area contributed by atoms with Crippen molar-refractivity contribution in [1.29, 1.82) is 0 Å². The maximum Gasteiger partial charge on any atom is 0.320 e. The topological polar surface area (TPSA) is 102 Å². The Balaban J connectivity index is 2.31. The number of nitrogens with zero attached hydrogens (tertiary/aromatic N) is 1. The molecular weight excluding hydrogens is 218 g/mol. The van der Waals surface area contributed by atoms with Crippen molar-refractivity contribution >= 4 is 11.8 Å². The number of hydrogen-bond donors (Lipinski definition) is 3. The van der Waals surface area contributed by atoms with Gasteiger partial charge in [0, 0.05) is 6.42 Å². The van der Waals surface area contributed by atoms with E-state index in [1.165, 1.54) is 0 Å². The maximum atomic E-state index is 10.5. The Morgan fingerprint density at radius 1 is 1.53 bits per heavy atom. The molecule has 2 atom stereocenters. The molecule has 1 rings (SSSR count). The smallest absolute Gasteiger partial charge is 0.320 e. The first-order valence-electron chi connectivity index (χ1n) is 6.05. The van der Waals surface area contributed by atoms with Crippen molar-refractivity contribution in [3.05, 3.63) is 12.2 Å². The summed E-state index contributed by atoms with van der Waals surface area (Å²) in [6, 6.07) is -0.566. The van der Waals surface area contributed by atoms with E-state index in [4.69, 9.17) is 16.6 Å². The van der Waals surface area contributed by atoms with Crippen LogP contribution in [0.1, 0.15) is 38.5 Å². The van der Waals surface area contributed by atoms with Crippen molar-refractivity contribution in [2.75, 3.05) is 0 Å². The molecule has 0 aromatic rings. The highest BCUT2D eigenvalue weighted by Gasteiger charge is 2.11. The minimum Gasteiger partial charge on any atom is -0.480 e. The van der Waals surface area contributed by atoms with Gasteiger partial charge in [0.05, 0.1) is 11.9 Å². The molecule has 1 aliphatic rings. The summed E-state index contributed by atoms with van der Waals surface area (Å²) in [6.45, 7) is 0. The highest BCUT2D eigenvalue weighted by atomic mass is 16.4. The Kier molecular flexibility index (Phi) is 5.69. The minimum absolute atomic E-state index is 0.245. The number of nitrogens with two attached hydrogens (primary N) is 2. The molecule has 0 unspecified atom stereocenters. The van der Waals surface area contributed by atoms with Crippen LogP contribution in [0.5, 0.6) is 0 Å². The van der Waals surface area contributed by atoms with E-state index < -0.39 is 12.0 Å². The van der Waals surface area contributed by atoms with E-state index in [1.54, 1.807) is 0 Å². The first kappa shape index (κ1) is 13.7. The van der Waals surface area contributed by atoms with Crippen molar-refractivity contribution in [3.63, 3.8) is 0 Å². The Bertz CT molecular complexity index is 313. The van der Waals surface area contributed by atoms with Crippen LogP contribution >= 0.6 is 0 Å². The highest BCUT2D eigenvalue weighted by Crippen LogP contribution is 2.15. The average Bonchev–Trinajstić information content (AvgIpc) is 2.48. The molecule has 96 valence electrons. The molecule has 5 N–H and O–H groups in total. The lowest BCUT2D eigenvalue weighted by Gasteiger charge is -2.07. The third kappa shape index (κ3) is 5.49. The van der Waals surface area contributed by atoms with Gasteiger partial charge in [-0.15, -0.1) is 0 Å². The zero-order chi connectivity index (χ0) is 12.7. The Hall–Kier alpha value is -1.36. The van der Waals surface area contributed by atoms with Crippen LogP contribution in [0.15, 0.2) is 17.1 Å². The number of aliphatic carboxylic acids is 1. The summed E-state index contributed by atoms with van der Waals surface area (Å²) < 4.78 is 0. The summed E-state index contributed by atoms with van der Waals surface area (Å²) in [5, 5.41) is 8.60. The highest BCUT2D eigenvalue weighted by molar-refractivity contribution is 5.80. The van der Waals surface area contributed by atoms with Gasteiger partial charge in [0.15, 0.2) is 0 Å². The van der Waals surface area contributed by atoms with Crippen LogP contribution < -0.4 is 11.5 Å². The molecule has 0 aromatic heterocycles. The Morgan fingerprint density at radius 2 is 2.29 bits per heavy atom. The quantitative estimate of drug-likeness (QED) is 0.624. The summed E-state index contributed by atoms with van der Waals surface area (Å²) in [5.41, 5.74) is 11.1. The molecule has 17 heavy (non-hydrogen) atoms. The fraction of sp³-hybridized carbons (Fsp3) is 0.667. The molecule has 0 fully saturated rings. The fourth-order valence-electron chi connectivity index (χ4n) is 1.82.